The summed E-state index contributed by atoms with van der Waals surface area (Å²) >= 11 is 0. The fraction of sp³-hybridized carbons (Fsp3) is 0.227. The monoisotopic (exact) mass is 404 g/mol. The topological polar surface area (TPSA) is 96.5 Å². The van der Waals surface area contributed by atoms with E-state index in [9.17, 15) is 9.59 Å². The van der Waals surface area contributed by atoms with Crippen molar-refractivity contribution < 1.29 is 19.1 Å². The molecule has 0 saturated carbocycles. The Balaban J connectivity index is 1.28. The Labute approximate surface area is 172 Å². The Bertz CT molecular complexity index is 1080. The predicted octanol–water partition coefficient (Wildman–Crippen LogP) is 2.94. The third-order valence-corrected chi connectivity index (χ3v) is 5.38. The zero-order valence-electron chi connectivity index (χ0n) is 16.1. The van der Waals surface area contributed by atoms with Crippen molar-refractivity contribution in [2.24, 2.45) is 0 Å². The van der Waals surface area contributed by atoms with E-state index < -0.39 is 6.04 Å². The van der Waals surface area contributed by atoms with Crippen LogP contribution in [-0.4, -0.2) is 39.5 Å². The van der Waals surface area contributed by atoms with E-state index in [1.807, 2.05) is 42.5 Å². The highest BCUT2D eigenvalue weighted by Gasteiger charge is 2.36. The lowest BCUT2D eigenvalue weighted by molar-refractivity contribution is -0.133. The molecular formula is C22H20N4O4. The van der Waals surface area contributed by atoms with Crippen molar-refractivity contribution in [3.05, 3.63) is 60.6 Å². The van der Waals surface area contributed by atoms with Crippen molar-refractivity contribution in [1.29, 1.82) is 0 Å². The molecule has 8 nitrogen and oxygen atoms in total. The van der Waals surface area contributed by atoms with Crippen molar-refractivity contribution in [2.45, 2.75) is 25.4 Å². The summed E-state index contributed by atoms with van der Waals surface area (Å²) in [6.07, 6.45) is 4.23. The number of fused-ring (bicyclic) bond motifs is 1. The minimum Gasteiger partial charge on any atom is -0.454 e. The standard InChI is InChI=1S/C22H20N4O4/c27-21-8-6-18(26(21)11-14-1-7-19-20(9-14)30-13-29-19)22(28)25-16-4-2-15(3-5-16)17-10-23-12-24-17/h1-5,7,9-10,12,18H,6,8,11,13H2,(H,23,24)(H,25,28). The first kappa shape index (κ1) is 18.2. The zero-order chi connectivity index (χ0) is 20.5. The third kappa shape index (κ3) is 3.47. The Morgan fingerprint density at radius 3 is 2.80 bits per heavy atom. The van der Waals surface area contributed by atoms with Crippen LogP contribution in [0, 0.1) is 0 Å². The molecule has 30 heavy (non-hydrogen) atoms. The molecule has 1 aromatic heterocycles. The van der Waals surface area contributed by atoms with Crippen LogP contribution in [0.2, 0.25) is 0 Å². The summed E-state index contributed by atoms with van der Waals surface area (Å²) in [4.78, 5) is 34.0. The van der Waals surface area contributed by atoms with Gasteiger partial charge in [-0.05, 0) is 41.8 Å². The van der Waals surface area contributed by atoms with E-state index >= 15 is 0 Å². The molecule has 0 aliphatic carbocycles. The van der Waals surface area contributed by atoms with Gasteiger partial charge in [-0.15, -0.1) is 0 Å². The number of ether oxygens (including phenoxy) is 2. The van der Waals surface area contributed by atoms with Crippen LogP contribution < -0.4 is 14.8 Å². The number of nitrogens with one attached hydrogen (secondary N) is 2. The van der Waals surface area contributed by atoms with Gasteiger partial charge in [0.1, 0.15) is 6.04 Å². The fourth-order valence-electron chi connectivity index (χ4n) is 3.81. The molecule has 0 bridgehead atoms. The maximum Gasteiger partial charge on any atom is 0.247 e. The van der Waals surface area contributed by atoms with Gasteiger partial charge < -0.3 is 24.7 Å². The predicted molar refractivity (Wildman–Crippen MR) is 109 cm³/mol. The first-order chi connectivity index (χ1) is 14.7. The SMILES string of the molecule is O=C(Nc1ccc(-c2cnc[nH]2)cc1)C1CCC(=O)N1Cc1ccc2c(c1)OCO2. The van der Waals surface area contributed by atoms with Gasteiger partial charge in [0.05, 0.1) is 18.2 Å². The van der Waals surface area contributed by atoms with Crippen molar-refractivity contribution in [1.82, 2.24) is 14.9 Å². The number of hydrogen-bond donors (Lipinski definition) is 2. The molecule has 2 aliphatic rings. The number of amides is 2. The van der Waals surface area contributed by atoms with Crippen LogP contribution in [0.25, 0.3) is 11.3 Å². The van der Waals surface area contributed by atoms with E-state index in [4.69, 9.17) is 9.47 Å². The number of hydrogen-bond acceptors (Lipinski definition) is 5. The molecule has 0 spiro atoms. The van der Waals surface area contributed by atoms with E-state index in [0.29, 0.717) is 36.6 Å². The fourth-order valence-corrected chi connectivity index (χ4v) is 3.81. The second-order valence-electron chi connectivity index (χ2n) is 7.30. The van der Waals surface area contributed by atoms with E-state index in [-0.39, 0.29) is 18.6 Å². The van der Waals surface area contributed by atoms with E-state index in [1.54, 1.807) is 17.4 Å². The normalized spacial score (nSPS) is 17.4. The maximum atomic E-state index is 12.9. The van der Waals surface area contributed by atoms with Crippen LogP contribution in [0.1, 0.15) is 18.4 Å². The molecule has 2 aliphatic heterocycles. The van der Waals surface area contributed by atoms with E-state index in [2.05, 4.69) is 15.3 Å². The highest BCUT2D eigenvalue weighted by atomic mass is 16.7. The molecular weight excluding hydrogens is 384 g/mol. The lowest BCUT2D eigenvalue weighted by Crippen LogP contribution is -2.41. The van der Waals surface area contributed by atoms with Crippen LogP contribution in [0.4, 0.5) is 5.69 Å². The summed E-state index contributed by atoms with van der Waals surface area (Å²) in [7, 11) is 0. The van der Waals surface area contributed by atoms with Crippen molar-refractivity contribution in [3.63, 3.8) is 0 Å². The zero-order valence-corrected chi connectivity index (χ0v) is 16.1. The average Bonchev–Trinajstić information content (AvgIpc) is 3.50. The van der Waals surface area contributed by atoms with Gasteiger partial charge in [-0.25, -0.2) is 4.98 Å². The average molecular weight is 404 g/mol. The molecule has 1 fully saturated rings. The Morgan fingerprint density at radius 2 is 2.00 bits per heavy atom. The summed E-state index contributed by atoms with van der Waals surface area (Å²) in [6.45, 7) is 0.554. The number of likely N-dealkylation sites (tertiary alicyclic amines) is 1. The lowest BCUT2D eigenvalue weighted by Gasteiger charge is -2.24. The molecule has 5 rings (SSSR count). The second kappa shape index (κ2) is 7.55. The molecule has 2 amide bonds. The largest absolute Gasteiger partial charge is 0.454 e. The number of imidazole rings is 1. The number of H-pyrrole nitrogens is 1. The number of anilines is 1. The molecule has 152 valence electrons. The van der Waals surface area contributed by atoms with Gasteiger partial charge in [-0.2, -0.15) is 0 Å². The Kier molecular flexibility index (Phi) is 4.59. The first-order valence-corrected chi connectivity index (χ1v) is 9.75. The molecule has 1 saturated heterocycles. The highest BCUT2D eigenvalue weighted by Crippen LogP contribution is 2.33. The quantitative estimate of drug-likeness (QED) is 0.682. The number of aromatic amines is 1. The molecule has 3 aromatic rings. The molecule has 8 heteroatoms. The highest BCUT2D eigenvalue weighted by molar-refractivity contribution is 5.99. The summed E-state index contributed by atoms with van der Waals surface area (Å²) in [6, 6.07) is 12.6. The first-order valence-electron chi connectivity index (χ1n) is 9.75. The minimum absolute atomic E-state index is 0.0255. The van der Waals surface area contributed by atoms with Gasteiger partial charge in [-0.1, -0.05) is 18.2 Å². The summed E-state index contributed by atoms with van der Waals surface area (Å²) in [5.74, 6) is 1.15. The van der Waals surface area contributed by atoms with Gasteiger partial charge in [0.25, 0.3) is 0 Å². The lowest BCUT2D eigenvalue weighted by atomic mass is 10.1. The number of aromatic nitrogens is 2. The molecule has 3 heterocycles. The van der Waals surface area contributed by atoms with Gasteiger partial charge >= 0.3 is 0 Å². The van der Waals surface area contributed by atoms with Crippen molar-refractivity contribution in [3.8, 4) is 22.8 Å². The Hall–Kier alpha value is -3.81. The molecule has 1 unspecified atom stereocenters. The molecule has 2 N–H and O–H groups in total. The number of benzene rings is 2. The molecule has 0 radical (unpaired) electrons. The molecule has 2 aromatic carbocycles. The number of carbonyl (C=O) groups excluding carboxylic acids is 2. The van der Waals surface area contributed by atoms with Crippen molar-refractivity contribution in [2.75, 3.05) is 12.1 Å². The number of nitrogens with zero attached hydrogens (tertiary/aromatic N) is 2. The van der Waals surface area contributed by atoms with Crippen LogP contribution in [0.5, 0.6) is 11.5 Å². The van der Waals surface area contributed by atoms with Gasteiger partial charge in [0.15, 0.2) is 11.5 Å². The Morgan fingerprint density at radius 1 is 1.17 bits per heavy atom. The third-order valence-electron chi connectivity index (χ3n) is 5.38. The minimum atomic E-state index is -0.504. The van der Waals surface area contributed by atoms with Gasteiger partial charge in [0.2, 0.25) is 18.6 Å². The van der Waals surface area contributed by atoms with Crippen molar-refractivity contribution >= 4 is 17.5 Å². The summed E-state index contributed by atoms with van der Waals surface area (Å²) in [5.41, 5.74) is 3.47. The molecule has 1 atom stereocenters. The summed E-state index contributed by atoms with van der Waals surface area (Å²) < 4.78 is 10.7. The number of rotatable bonds is 5. The second-order valence-corrected chi connectivity index (χ2v) is 7.30. The van der Waals surface area contributed by atoms with E-state index in [0.717, 1.165) is 16.8 Å². The van der Waals surface area contributed by atoms with Crippen LogP contribution >= 0.6 is 0 Å². The smallest absolute Gasteiger partial charge is 0.247 e. The van der Waals surface area contributed by atoms with E-state index in [1.165, 1.54) is 0 Å². The van der Waals surface area contributed by atoms with Crippen LogP contribution in [-0.2, 0) is 16.1 Å². The summed E-state index contributed by atoms with van der Waals surface area (Å²) in [5, 5.41) is 2.93. The van der Waals surface area contributed by atoms with Gasteiger partial charge in [-0.3, -0.25) is 9.59 Å². The van der Waals surface area contributed by atoms with Crippen LogP contribution in [0.15, 0.2) is 55.0 Å². The number of carbonyl (C=O) groups is 2. The van der Waals surface area contributed by atoms with Gasteiger partial charge in [0, 0.05) is 18.7 Å². The maximum absolute atomic E-state index is 12.9. The van der Waals surface area contributed by atoms with Crippen LogP contribution in [0.3, 0.4) is 0 Å².